The van der Waals surface area contributed by atoms with Gasteiger partial charge in [0.25, 0.3) is 5.91 Å². The molecule has 1 aromatic heterocycles. The van der Waals surface area contributed by atoms with Crippen LogP contribution in [0.3, 0.4) is 0 Å². The molecule has 1 N–H and O–H groups in total. The number of ether oxygens (including phenoxy) is 1. The van der Waals surface area contributed by atoms with Gasteiger partial charge in [0.05, 0.1) is 17.1 Å². The molecule has 0 aliphatic rings. The van der Waals surface area contributed by atoms with E-state index in [1.54, 1.807) is 18.5 Å². The Kier molecular flexibility index (Phi) is 6.90. The Morgan fingerprint density at radius 1 is 1.03 bits per heavy atom. The van der Waals surface area contributed by atoms with Gasteiger partial charge >= 0.3 is 5.97 Å². The summed E-state index contributed by atoms with van der Waals surface area (Å²) in [7, 11) is 0. The summed E-state index contributed by atoms with van der Waals surface area (Å²) >= 11 is 0. The third kappa shape index (κ3) is 4.85. The van der Waals surface area contributed by atoms with Crippen LogP contribution in [0.15, 0.2) is 54.6 Å². The summed E-state index contributed by atoms with van der Waals surface area (Å²) in [5, 5.41) is 7.38. The molecule has 2 atom stereocenters. The van der Waals surface area contributed by atoms with Gasteiger partial charge in [-0.15, -0.1) is 0 Å². The van der Waals surface area contributed by atoms with Gasteiger partial charge in [-0.1, -0.05) is 50.2 Å². The molecule has 0 saturated carbocycles. The Bertz CT molecular complexity index is 1070. The van der Waals surface area contributed by atoms with E-state index in [4.69, 9.17) is 4.74 Å². The summed E-state index contributed by atoms with van der Waals surface area (Å²) in [5.74, 6) is -0.617. The lowest BCUT2D eigenvalue weighted by atomic mass is 9.97. The molecule has 0 unspecified atom stereocenters. The maximum Gasteiger partial charge on any atom is 0.342 e. The molecule has 3 rings (SSSR count). The number of para-hydroxylation sites is 2. The second kappa shape index (κ2) is 9.60. The number of anilines is 1. The molecule has 0 aliphatic heterocycles. The highest BCUT2D eigenvalue weighted by Crippen LogP contribution is 2.27. The van der Waals surface area contributed by atoms with Gasteiger partial charge in [-0.05, 0) is 56.9 Å². The highest BCUT2D eigenvalue weighted by molar-refractivity contribution is 5.98. The molecule has 3 aromatic rings. The van der Waals surface area contributed by atoms with Gasteiger partial charge in [0.1, 0.15) is 5.56 Å². The van der Waals surface area contributed by atoms with Crippen LogP contribution in [-0.2, 0) is 9.53 Å². The standard InChI is InChI=1S/C25H29N3O3/c1-6-16(2)21-14-10-11-15-22(21)26-24(29)19(5)31-25(30)23-17(3)27-28(18(23)4)20-12-8-7-9-13-20/h7-16,19H,6H2,1-5H3,(H,26,29)/t16-,19+/m1/s1. The molecule has 1 amide bonds. The fourth-order valence-corrected chi connectivity index (χ4v) is 3.53. The molecule has 0 spiro atoms. The summed E-state index contributed by atoms with van der Waals surface area (Å²) in [6.45, 7) is 9.37. The minimum absolute atomic E-state index is 0.309. The third-order valence-corrected chi connectivity index (χ3v) is 5.51. The Balaban J connectivity index is 1.74. The lowest BCUT2D eigenvalue weighted by molar-refractivity contribution is -0.123. The van der Waals surface area contributed by atoms with Gasteiger partial charge in [0.2, 0.25) is 0 Å². The highest BCUT2D eigenvalue weighted by atomic mass is 16.5. The molecule has 31 heavy (non-hydrogen) atoms. The number of hydrogen-bond donors (Lipinski definition) is 1. The summed E-state index contributed by atoms with van der Waals surface area (Å²) in [6.07, 6.45) is 0.0119. The van der Waals surface area contributed by atoms with Crippen molar-refractivity contribution in [2.45, 2.75) is 53.1 Å². The lowest BCUT2D eigenvalue weighted by Gasteiger charge is -2.18. The zero-order valence-electron chi connectivity index (χ0n) is 18.7. The van der Waals surface area contributed by atoms with Crippen molar-refractivity contribution in [3.05, 3.63) is 77.1 Å². The third-order valence-electron chi connectivity index (χ3n) is 5.51. The Hall–Kier alpha value is -3.41. The summed E-state index contributed by atoms with van der Waals surface area (Å²) in [6, 6.07) is 17.3. The van der Waals surface area contributed by atoms with Crippen LogP contribution in [0.25, 0.3) is 5.69 Å². The quantitative estimate of drug-likeness (QED) is 0.535. The van der Waals surface area contributed by atoms with Crippen molar-refractivity contribution in [1.29, 1.82) is 0 Å². The summed E-state index contributed by atoms with van der Waals surface area (Å²) in [4.78, 5) is 25.6. The summed E-state index contributed by atoms with van der Waals surface area (Å²) in [5.41, 5.74) is 4.27. The number of aryl methyl sites for hydroxylation is 1. The van der Waals surface area contributed by atoms with Crippen molar-refractivity contribution in [1.82, 2.24) is 9.78 Å². The van der Waals surface area contributed by atoms with Crippen molar-refractivity contribution >= 4 is 17.6 Å². The van der Waals surface area contributed by atoms with E-state index in [0.717, 1.165) is 23.4 Å². The number of hydrogen-bond acceptors (Lipinski definition) is 4. The number of nitrogens with one attached hydrogen (secondary N) is 1. The second-order valence-corrected chi connectivity index (χ2v) is 7.73. The van der Waals surface area contributed by atoms with Crippen LogP contribution < -0.4 is 5.32 Å². The zero-order chi connectivity index (χ0) is 22.5. The number of rotatable bonds is 7. The maximum absolute atomic E-state index is 12.9. The van der Waals surface area contributed by atoms with Crippen molar-refractivity contribution in [2.75, 3.05) is 5.32 Å². The minimum atomic E-state index is -0.948. The lowest BCUT2D eigenvalue weighted by Crippen LogP contribution is -2.30. The number of aromatic nitrogens is 2. The molecule has 162 valence electrons. The van der Waals surface area contributed by atoms with Crippen molar-refractivity contribution in [3.8, 4) is 5.69 Å². The Morgan fingerprint density at radius 3 is 2.35 bits per heavy atom. The Morgan fingerprint density at radius 2 is 1.68 bits per heavy atom. The number of nitrogens with zero attached hydrogens (tertiary/aromatic N) is 2. The van der Waals surface area contributed by atoms with Crippen LogP contribution in [0.2, 0.25) is 0 Å². The molecule has 0 aliphatic carbocycles. The maximum atomic E-state index is 12.9. The average molecular weight is 420 g/mol. The van der Waals surface area contributed by atoms with Gasteiger partial charge in [-0.25, -0.2) is 9.48 Å². The fraction of sp³-hybridized carbons (Fsp3) is 0.320. The second-order valence-electron chi connectivity index (χ2n) is 7.73. The minimum Gasteiger partial charge on any atom is -0.449 e. The highest BCUT2D eigenvalue weighted by Gasteiger charge is 2.25. The van der Waals surface area contributed by atoms with E-state index in [2.05, 4.69) is 24.3 Å². The van der Waals surface area contributed by atoms with Gasteiger partial charge in [-0.2, -0.15) is 5.10 Å². The van der Waals surface area contributed by atoms with Gasteiger partial charge in [0.15, 0.2) is 6.10 Å². The summed E-state index contributed by atoms with van der Waals surface area (Å²) < 4.78 is 7.21. The zero-order valence-corrected chi connectivity index (χ0v) is 18.7. The fourth-order valence-electron chi connectivity index (χ4n) is 3.53. The first-order chi connectivity index (χ1) is 14.8. The molecule has 0 radical (unpaired) electrons. The van der Waals surface area contributed by atoms with E-state index in [9.17, 15) is 9.59 Å². The van der Waals surface area contributed by atoms with E-state index in [0.29, 0.717) is 22.9 Å². The van der Waals surface area contributed by atoms with Gasteiger partial charge in [0, 0.05) is 5.69 Å². The van der Waals surface area contributed by atoms with Crippen molar-refractivity contribution in [3.63, 3.8) is 0 Å². The number of carbonyl (C=O) groups is 2. The van der Waals surface area contributed by atoms with E-state index in [-0.39, 0.29) is 5.91 Å². The predicted molar refractivity (Wildman–Crippen MR) is 122 cm³/mol. The Labute approximate surface area is 183 Å². The van der Waals surface area contributed by atoms with Crippen LogP contribution in [-0.4, -0.2) is 27.8 Å². The van der Waals surface area contributed by atoms with E-state index in [1.165, 1.54) is 0 Å². The molecule has 0 bridgehead atoms. The molecular weight excluding hydrogens is 390 g/mol. The van der Waals surface area contributed by atoms with E-state index in [1.807, 2.05) is 61.5 Å². The SMILES string of the molecule is CC[C@@H](C)c1ccccc1NC(=O)[C@H](C)OC(=O)c1c(C)nn(-c2ccccc2)c1C. The molecule has 1 heterocycles. The van der Waals surface area contributed by atoms with Gasteiger partial charge < -0.3 is 10.1 Å². The number of benzene rings is 2. The average Bonchev–Trinajstić information content (AvgIpc) is 3.08. The molecule has 2 aromatic carbocycles. The first-order valence-corrected chi connectivity index (χ1v) is 10.6. The molecule has 6 nitrogen and oxygen atoms in total. The largest absolute Gasteiger partial charge is 0.449 e. The van der Waals surface area contributed by atoms with Crippen LogP contribution in [0.1, 0.15) is 60.4 Å². The van der Waals surface area contributed by atoms with Crippen LogP contribution in [0, 0.1) is 13.8 Å². The predicted octanol–water partition coefficient (Wildman–Crippen LogP) is 5.19. The molecule has 0 saturated heterocycles. The molecular formula is C25H29N3O3. The normalized spacial score (nSPS) is 12.8. The molecule has 6 heteroatoms. The van der Waals surface area contributed by atoms with Crippen LogP contribution >= 0.6 is 0 Å². The first kappa shape index (κ1) is 22.3. The topological polar surface area (TPSA) is 73.2 Å². The monoisotopic (exact) mass is 419 g/mol. The van der Waals surface area contributed by atoms with E-state index >= 15 is 0 Å². The smallest absolute Gasteiger partial charge is 0.342 e. The number of carbonyl (C=O) groups excluding carboxylic acids is 2. The number of amides is 1. The van der Waals surface area contributed by atoms with Gasteiger partial charge in [-0.3, -0.25) is 4.79 Å². The molecule has 0 fully saturated rings. The van der Waals surface area contributed by atoms with Crippen molar-refractivity contribution in [2.24, 2.45) is 0 Å². The first-order valence-electron chi connectivity index (χ1n) is 10.6. The van der Waals surface area contributed by atoms with Crippen LogP contribution in [0.4, 0.5) is 5.69 Å². The van der Waals surface area contributed by atoms with Crippen LogP contribution in [0.5, 0.6) is 0 Å². The number of esters is 1. The van der Waals surface area contributed by atoms with E-state index < -0.39 is 12.1 Å². The van der Waals surface area contributed by atoms with Crippen molar-refractivity contribution < 1.29 is 14.3 Å².